The van der Waals surface area contributed by atoms with Gasteiger partial charge in [0.1, 0.15) is 0 Å². The van der Waals surface area contributed by atoms with E-state index in [0.29, 0.717) is 6.04 Å². The topological polar surface area (TPSA) is 35.5 Å². The number of piperidine rings is 1. The molecular formula is C24H33N5. The predicted octanol–water partition coefficient (Wildman–Crippen LogP) is 3.80. The van der Waals surface area contributed by atoms with E-state index in [4.69, 9.17) is 0 Å². The third-order valence-electron chi connectivity index (χ3n) is 6.77. The van der Waals surface area contributed by atoms with Crippen LogP contribution >= 0.6 is 0 Å². The molecule has 3 aliphatic rings. The van der Waals surface area contributed by atoms with Crippen molar-refractivity contribution in [3.8, 4) is 11.3 Å². The average molecular weight is 392 g/mol. The highest BCUT2D eigenvalue weighted by Gasteiger charge is 2.34. The molecule has 1 saturated carbocycles. The van der Waals surface area contributed by atoms with Crippen LogP contribution in [0.25, 0.3) is 11.3 Å². The van der Waals surface area contributed by atoms with Crippen LogP contribution in [0.4, 0.5) is 5.82 Å². The van der Waals surface area contributed by atoms with E-state index in [1.165, 1.54) is 50.8 Å². The molecule has 5 nitrogen and oxygen atoms in total. The van der Waals surface area contributed by atoms with Crippen LogP contribution in [0.2, 0.25) is 0 Å². The molecule has 0 spiro atoms. The maximum Gasteiger partial charge on any atom is 0.151 e. The molecule has 5 heteroatoms. The summed E-state index contributed by atoms with van der Waals surface area (Å²) < 4.78 is 0. The number of hydrogen-bond donors (Lipinski definition) is 0. The number of nitrogens with zero attached hydrogens (tertiary/aromatic N) is 5. The number of benzene rings is 1. The monoisotopic (exact) mass is 391 g/mol. The van der Waals surface area contributed by atoms with Gasteiger partial charge in [-0.1, -0.05) is 30.7 Å². The number of anilines is 1. The molecule has 0 amide bonds. The van der Waals surface area contributed by atoms with Crippen molar-refractivity contribution in [2.45, 2.75) is 57.7 Å². The van der Waals surface area contributed by atoms with Crippen LogP contribution in [0.15, 0.2) is 36.4 Å². The second kappa shape index (κ2) is 8.41. The van der Waals surface area contributed by atoms with Gasteiger partial charge in [-0.05, 0) is 63.4 Å². The van der Waals surface area contributed by atoms with Crippen molar-refractivity contribution in [1.82, 2.24) is 20.0 Å². The van der Waals surface area contributed by atoms with E-state index in [9.17, 15) is 0 Å². The van der Waals surface area contributed by atoms with Crippen molar-refractivity contribution in [3.05, 3.63) is 42.0 Å². The van der Waals surface area contributed by atoms with Gasteiger partial charge in [0.25, 0.3) is 0 Å². The largest absolute Gasteiger partial charge is 0.350 e. The highest BCUT2D eigenvalue weighted by atomic mass is 15.3. The van der Waals surface area contributed by atoms with Gasteiger partial charge in [-0.2, -0.15) is 0 Å². The number of rotatable bonds is 5. The summed E-state index contributed by atoms with van der Waals surface area (Å²) >= 11 is 0. The molecule has 1 atom stereocenters. The Labute approximate surface area is 174 Å². The van der Waals surface area contributed by atoms with Crippen molar-refractivity contribution in [1.29, 1.82) is 0 Å². The fraction of sp³-hybridized carbons (Fsp3) is 0.583. The summed E-state index contributed by atoms with van der Waals surface area (Å²) in [5, 5.41) is 9.13. The molecule has 1 aromatic heterocycles. The summed E-state index contributed by atoms with van der Waals surface area (Å²) in [4.78, 5) is 7.63. The highest BCUT2D eigenvalue weighted by Crippen LogP contribution is 2.30. The molecule has 154 valence electrons. The molecule has 3 fully saturated rings. The Hall–Kier alpha value is -1.98. The van der Waals surface area contributed by atoms with Gasteiger partial charge >= 0.3 is 0 Å². The third-order valence-corrected chi connectivity index (χ3v) is 6.77. The van der Waals surface area contributed by atoms with Gasteiger partial charge in [0, 0.05) is 43.8 Å². The van der Waals surface area contributed by atoms with Crippen molar-refractivity contribution < 1.29 is 0 Å². The lowest BCUT2D eigenvalue weighted by molar-refractivity contribution is 0.219. The van der Waals surface area contributed by atoms with Crippen LogP contribution in [0.1, 0.15) is 44.6 Å². The van der Waals surface area contributed by atoms with Crippen molar-refractivity contribution in [3.63, 3.8) is 0 Å². The third kappa shape index (κ3) is 4.46. The Morgan fingerprint density at radius 1 is 0.862 bits per heavy atom. The van der Waals surface area contributed by atoms with Gasteiger partial charge < -0.3 is 4.90 Å². The Morgan fingerprint density at radius 2 is 1.66 bits per heavy atom. The molecule has 1 aliphatic carbocycles. The molecule has 5 rings (SSSR count). The molecule has 3 heterocycles. The first kappa shape index (κ1) is 19.0. The van der Waals surface area contributed by atoms with Crippen LogP contribution in [-0.2, 0) is 6.54 Å². The van der Waals surface area contributed by atoms with Crippen molar-refractivity contribution in [2.24, 2.45) is 0 Å². The molecule has 0 N–H and O–H groups in total. The van der Waals surface area contributed by atoms with Crippen LogP contribution in [0.5, 0.6) is 0 Å². The smallest absolute Gasteiger partial charge is 0.151 e. The minimum atomic E-state index is 0.499. The number of aromatic nitrogens is 2. The number of hydrogen-bond acceptors (Lipinski definition) is 5. The van der Waals surface area contributed by atoms with Crippen molar-refractivity contribution in [2.75, 3.05) is 37.6 Å². The van der Waals surface area contributed by atoms with E-state index >= 15 is 0 Å². The maximum atomic E-state index is 4.58. The lowest BCUT2D eigenvalue weighted by Gasteiger charge is -2.40. The first-order valence-corrected chi connectivity index (χ1v) is 11.4. The fourth-order valence-corrected chi connectivity index (χ4v) is 4.89. The molecule has 1 unspecified atom stereocenters. The Kier molecular flexibility index (Phi) is 5.51. The van der Waals surface area contributed by atoms with Gasteiger partial charge in [-0.3, -0.25) is 9.80 Å². The zero-order valence-electron chi connectivity index (χ0n) is 17.6. The summed E-state index contributed by atoms with van der Waals surface area (Å²) in [6.45, 7) is 9.20. The molecule has 0 bridgehead atoms. The second-order valence-electron chi connectivity index (χ2n) is 9.08. The standard InChI is InChI=1S/C24H33N5/c1-19-17-28(22-9-10-22)15-16-29(19)24-12-11-23(25-26-24)21-7-5-20(6-8-21)18-27-13-3-2-4-14-27/h5-8,11-12,19,22H,2-4,9-10,13-18H2,1H3. The predicted molar refractivity (Wildman–Crippen MR) is 118 cm³/mol. The lowest BCUT2D eigenvalue weighted by Crippen LogP contribution is -2.52. The van der Waals surface area contributed by atoms with E-state index in [1.807, 2.05) is 0 Å². The molecule has 29 heavy (non-hydrogen) atoms. The quantitative estimate of drug-likeness (QED) is 0.775. The molecule has 2 saturated heterocycles. The Morgan fingerprint density at radius 3 is 2.31 bits per heavy atom. The first-order chi connectivity index (χ1) is 14.3. The van der Waals surface area contributed by atoms with Gasteiger partial charge in [0.05, 0.1) is 5.69 Å². The average Bonchev–Trinajstić information content (AvgIpc) is 3.61. The summed E-state index contributed by atoms with van der Waals surface area (Å²) in [6, 6.07) is 14.5. The maximum absolute atomic E-state index is 4.58. The normalized spacial score (nSPS) is 24.0. The zero-order chi connectivity index (χ0) is 19.6. The SMILES string of the molecule is CC1CN(C2CC2)CCN1c1ccc(-c2ccc(CN3CCCCC3)cc2)nn1. The van der Waals surface area contributed by atoms with E-state index in [1.54, 1.807) is 0 Å². The minimum Gasteiger partial charge on any atom is -0.350 e. The van der Waals surface area contributed by atoms with E-state index in [2.05, 4.69) is 68.2 Å². The summed E-state index contributed by atoms with van der Waals surface area (Å²) in [5.74, 6) is 1.01. The molecule has 1 aromatic carbocycles. The van der Waals surface area contributed by atoms with Crippen LogP contribution < -0.4 is 4.90 Å². The van der Waals surface area contributed by atoms with Gasteiger partial charge in [0.2, 0.25) is 0 Å². The molecule has 0 radical (unpaired) electrons. The van der Waals surface area contributed by atoms with E-state index in [-0.39, 0.29) is 0 Å². The molecule has 2 aromatic rings. The summed E-state index contributed by atoms with van der Waals surface area (Å²) in [7, 11) is 0. The first-order valence-electron chi connectivity index (χ1n) is 11.4. The van der Waals surface area contributed by atoms with E-state index < -0.39 is 0 Å². The lowest BCUT2D eigenvalue weighted by atomic mass is 10.1. The van der Waals surface area contributed by atoms with Gasteiger partial charge in [0.15, 0.2) is 5.82 Å². The number of likely N-dealkylation sites (tertiary alicyclic amines) is 1. The molecular weight excluding hydrogens is 358 g/mol. The van der Waals surface area contributed by atoms with Crippen LogP contribution in [0.3, 0.4) is 0 Å². The number of piperazine rings is 1. The van der Waals surface area contributed by atoms with Gasteiger partial charge in [-0.15, -0.1) is 10.2 Å². The van der Waals surface area contributed by atoms with Crippen LogP contribution in [0, 0.1) is 0 Å². The zero-order valence-corrected chi connectivity index (χ0v) is 17.6. The van der Waals surface area contributed by atoms with E-state index in [0.717, 1.165) is 49.3 Å². The second-order valence-corrected chi connectivity index (χ2v) is 9.08. The fourth-order valence-electron chi connectivity index (χ4n) is 4.89. The summed E-state index contributed by atoms with van der Waals surface area (Å²) in [6.07, 6.45) is 6.84. The minimum absolute atomic E-state index is 0.499. The van der Waals surface area contributed by atoms with Crippen LogP contribution in [-0.4, -0.2) is 64.8 Å². The highest BCUT2D eigenvalue weighted by molar-refractivity contribution is 5.60. The summed E-state index contributed by atoms with van der Waals surface area (Å²) in [5.41, 5.74) is 3.50. The van der Waals surface area contributed by atoms with Crippen molar-refractivity contribution >= 4 is 5.82 Å². The Bertz CT molecular complexity index is 793. The molecule has 2 aliphatic heterocycles. The Balaban J connectivity index is 1.21. The van der Waals surface area contributed by atoms with Gasteiger partial charge in [-0.25, -0.2) is 0 Å².